The molecule has 3 heterocycles. The summed E-state index contributed by atoms with van der Waals surface area (Å²) in [7, 11) is 1.32. The summed E-state index contributed by atoms with van der Waals surface area (Å²) in [6.45, 7) is 0.142. The molecule has 3 fully saturated rings. The van der Waals surface area contributed by atoms with Gasteiger partial charge in [-0.15, -0.1) is 0 Å². The van der Waals surface area contributed by atoms with E-state index < -0.39 is 30.2 Å². The van der Waals surface area contributed by atoms with Crippen LogP contribution in [-0.4, -0.2) is 92.1 Å². The SMILES string of the molecule is CN(CN1C(=O)CC(c2ccccc2)C1=O)C(=O)O.O=C(O)N1CCCCC1N1C(=O)CC(c2ccccc2)C1=O. The molecule has 3 aliphatic heterocycles. The molecule has 12 nitrogen and oxygen atoms in total. The monoisotopic (exact) mass is 564 g/mol. The Labute approximate surface area is 236 Å². The van der Waals surface area contributed by atoms with Crippen LogP contribution in [0.25, 0.3) is 0 Å². The molecule has 12 heteroatoms. The van der Waals surface area contributed by atoms with Crippen LogP contribution in [0.3, 0.4) is 0 Å². The van der Waals surface area contributed by atoms with Crippen LogP contribution < -0.4 is 0 Å². The molecule has 3 atom stereocenters. The van der Waals surface area contributed by atoms with E-state index in [1.54, 1.807) is 24.3 Å². The van der Waals surface area contributed by atoms with Crippen LogP contribution in [0.2, 0.25) is 0 Å². The molecule has 0 spiro atoms. The number of amides is 6. The third kappa shape index (κ3) is 6.37. The first-order valence-corrected chi connectivity index (χ1v) is 13.3. The molecule has 3 aliphatic rings. The predicted molar refractivity (Wildman–Crippen MR) is 144 cm³/mol. The third-order valence-electron chi connectivity index (χ3n) is 7.53. The molecule has 0 aliphatic carbocycles. The quantitative estimate of drug-likeness (QED) is 0.525. The van der Waals surface area contributed by atoms with Gasteiger partial charge in [0.25, 0.3) is 0 Å². The van der Waals surface area contributed by atoms with Crippen LogP contribution in [0.5, 0.6) is 0 Å². The second-order valence-corrected chi connectivity index (χ2v) is 10.2. The summed E-state index contributed by atoms with van der Waals surface area (Å²) in [4.78, 5) is 75.3. The second-order valence-electron chi connectivity index (χ2n) is 10.2. The second kappa shape index (κ2) is 12.6. The molecule has 0 bridgehead atoms. The van der Waals surface area contributed by atoms with Crippen molar-refractivity contribution in [2.75, 3.05) is 20.3 Å². The smallest absolute Gasteiger partial charge is 0.408 e. The Morgan fingerprint density at radius 2 is 1.34 bits per heavy atom. The fraction of sp³-hybridized carbons (Fsp3) is 0.379. The van der Waals surface area contributed by atoms with Gasteiger partial charge in [-0.3, -0.25) is 38.8 Å². The Morgan fingerprint density at radius 1 is 0.805 bits per heavy atom. The minimum atomic E-state index is -1.18. The van der Waals surface area contributed by atoms with E-state index >= 15 is 0 Å². The highest BCUT2D eigenvalue weighted by Gasteiger charge is 2.46. The molecule has 0 saturated carbocycles. The Kier molecular flexibility index (Phi) is 9.00. The van der Waals surface area contributed by atoms with Gasteiger partial charge in [-0.25, -0.2) is 9.59 Å². The van der Waals surface area contributed by atoms with Gasteiger partial charge in [0.2, 0.25) is 23.6 Å². The van der Waals surface area contributed by atoms with Gasteiger partial charge in [-0.2, -0.15) is 0 Å². The number of imide groups is 2. The van der Waals surface area contributed by atoms with Crippen LogP contribution in [0.4, 0.5) is 9.59 Å². The lowest BCUT2D eigenvalue weighted by Gasteiger charge is -2.38. The molecule has 216 valence electrons. The number of carbonyl (C=O) groups excluding carboxylic acids is 4. The fourth-order valence-corrected chi connectivity index (χ4v) is 5.37. The first-order valence-electron chi connectivity index (χ1n) is 13.3. The van der Waals surface area contributed by atoms with Crippen molar-refractivity contribution in [1.29, 1.82) is 0 Å². The normalized spacial score (nSPS) is 22.5. The third-order valence-corrected chi connectivity index (χ3v) is 7.53. The van der Waals surface area contributed by atoms with Gasteiger partial charge in [0, 0.05) is 26.4 Å². The number of piperidine rings is 1. The van der Waals surface area contributed by atoms with Gasteiger partial charge in [0.15, 0.2) is 0 Å². The lowest BCUT2D eigenvalue weighted by Crippen LogP contribution is -2.54. The van der Waals surface area contributed by atoms with Crippen LogP contribution in [-0.2, 0) is 19.2 Å². The van der Waals surface area contributed by atoms with Crippen LogP contribution >= 0.6 is 0 Å². The average molecular weight is 565 g/mol. The minimum Gasteiger partial charge on any atom is -0.465 e. The molecule has 0 aromatic heterocycles. The summed E-state index contributed by atoms with van der Waals surface area (Å²) in [6, 6.07) is 18.2. The van der Waals surface area contributed by atoms with E-state index in [9.17, 15) is 33.9 Å². The molecular formula is C29H32N4O8. The van der Waals surface area contributed by atoms with Crippen LogP contribution in [0.15, 0.2) is 60.7 Å². The van der Waals surface area contributed by atoms with Gasteiger partial charge < -0.3 is 10.2 Å². The molecule has 2 N–H and O–H groups in total. The van der Waals surface area contributed by atoms with Crippen molar-refractivity contribution in [2.45, 2.75) is 50.1 Å². The number of likely N-dealkylation sites (tertiary alicyclic amines) is 3. The number of nitrogens with zero attached hydrogens (tertiary/aromatic N) is 4. The maximum atomic E-state index is 12.7. The van der Waals surface area contributed by atoms with Crippen molar-refractivity contribution < 1.29 is 39.0 Å². The first-order chi connectivity index (χ1) is 19.6. The molecule has 2 aromatic rings. The summed E-state index contributed by atoms with van der Waals surface area (Å²) in [5.41, 5.74) is 1.59. The molecule has 2 aromatic carbocycles. The summed E-state index contributed by atoms with van der Waals surface area (Å²) in [5, 5.41) is 18.1. The number of rotatable bonds is 5. The zero-order valence-electron chi connectivity index (χ0n) is 22.6. The predicted octanol–water partition coefficient (Wildman–Crippen LogP) is 3.12. The number of hydrogen-bond donors (Lipinski definition) is 2. The van der Waals surface area contributed by atoms with Crippen molar-refractivity contribution in [1.82, 2.24) is 19.6 Å². The zero-order valence-corrected chi connectivity index (χ0v) is 22.6. The van der Waals surface area contributed by atoms with Gasteiger partial charge in [-0.05, 0) is 30.4 Å². The van der Waals surface area contributed by atoms with Gasteiger partial charge in [0.05, 0.1) is 11.8 Å². The molecule has 5 rings (SSSR count). The Hall–Kier alpha value is -4.74. The fourth-order valence-electron chi connectivity index (χ4n) is 5.37. The largest absolute Gasteiger partial charge is 0.465 e. The van der Waals surface area contributed by atoms with E-state index in [2.05, 4.69) is 0 Å². The molecule has 3 unspecified atom stereocenters. The number of carbonyl (C=O) groups is 6. The molecule has 6 amide bonds. The summed E-state index contributed by atoms with van der Waals surface area (Å²) < 4.78 is 0. The first kappa shape index (κ1) is 29.2. The highest BCUT2D eigenvalue weighted by Crippen LogP contribution is 2.34. The minimum absolute atomic E-state index is 0.0936. The Bertz CT molecular complexity index is 1320. The highest BCUT2D eigenvalue weighted by atomic mass is 16.4. The van der Waals surface area contributed by atoms with Crippen molar-refractivity contribution in [2.24, 2.45) is 0 Å². The number of carboxylic acid groups (broad SMARTS) is 2. The van der Waals surface area contributed by atoms with E-state index in [1.165, 1.54) is 16.8 Å². The van der Waals surface area contributed by atoms with E-state index in [-0.39, 0.29) is 43.1 Å². The zero-order chi connectivity index (χ0) is 29.7. The topological polar surface area (TPSA) is 156 Å². The molecule has 0 radical (unpaired) electrons. The summed E-state index contributed by atoms with van der Waals surface area (Å²) in [6.07, 6.45) is -0.589. The van der Waals surface area contributed by atoms with Crippen molar-refractivity contribution in [3.8, 4) is 0 Å². The lowest BCUT2D eigenvalue weighted by molar-refractivity contribution is -0.146. The average Bonchev–Trinajstić information content (AvgIpc) is 3.43. The lowest BCUT2D eigenvalue weighted by atomic mass is 9.98. The molecule has 41 heavy (non-hydrogen) atoms. The van der Waals surface area contributed by atoms with E-state index in [0.717, 1.165) is 33.8 Å². The van der Waals surface area contributed by atoms with Crippen LogP contribution in [0, 0.1) is 0 Å². The van der Waals surface area contributed by atoms with E-state index in [0.29, 0.717) is 13.0 Å². The summed E-state index contributed by atoms with van der Waals surface area (Å²) >= 11 is 0. The van der Waals surface area contributed by atoms with Gasteiger partial charge in [-0.1, -0.05) is 60.7 Å². The highest BCUT2D eigenvalue weighted by molar-refractivity contribution is 6.07. The number of hydrogen-bond acceptors (Lipinski definition) is 6. The summed E-state index contributed by atoms with van der Waals surface area (Å²) in [5.74, 6) is -2.25. The van der Waals surface area contributed by atoms with E-state index in [4.69, 9.17) is 5.11 Å². The molecular weight excluding hydrogens is 532 g/mol. The Balaban J connectivity index is 0.000000191. The maximum Gasteiger partial charge on any atom is 0.408 e. The van der Waals surface area contributed by atoms with Crippen molar-refractivity contribution >= 4 is 35.8 Å². The van der Waals surface area contributed by atoms with Crippen LogP contribution in [0.1, 0.15) is 55.1 Å². The molecule has 3 saturated heterocycles. The maximum absolute atomic E-state index is 12.7. The van der Waals surface area contributed by atoms with Crippen molar-refractivity contribution in [3.05, 3.63) is 71.8 Å². The Morgan fingerprint density at radius 3 is 1.88 bits per heavy atom. The van der Waals surface area contributed by atoms with Crippen molar-refractivity contribution in [3.63, 3.8) is 0 Å². The standard InChI is InChI=1S/C16H18N2O4.C13H14N2O4/c19-14-10-12(11-6-2-1-3-7-11)15(20)18(14)13-8-4-5-9-17(13)16(21)22;1-14(13(18)19)8-15-11(16)7-10(12(15)17)9-5-3-2-4-6-9/h1-3,6-7,12-13H,4-5,8-10H2,(H,21,22);2-6,10H,7-8H2,1H3,(H,18,19). The van der Waals surface area contributed by atoms with E-state index in [1.807, 2.05) is 36.4 Å². The van der Waals surface area contributed by atoms with Gasteiger partial charge in [0.1, 0.15) is 12.8 Å². The number of benzene rings is 2. The van der Waals surface area contributed by atoms with Gasteiger partial charge >= 0.3 is 12.2 Å².